The van der Waals surface area contributed by atoms with E-state index in [1.54, 1.807) is 17.6 Å². The van der Waals surface area contributed by atoms with Crippen LogP contribution in [0.3, 0.4) is 0 Å². The molecule has 20 nitrogen and oxygen atoms in total. The highest BCUT2D eigenvalue weighted by Gasteiger charge is 2.31. The SMILES string of the molecule is CC(C)C1=NN=NC1.CC(C)C1CCN(C(=O)OC(C)(C)C)C1.CC(C)c1c[nH]c2ccccc12.CC(C)c1cc[nH]c1.CC(C)c1ccc(-c2csnn2)cc1.CC(C)c1ccc2c(c1)OCO2.CC(C)c1ccco1.CC(C)c1ccncc1.CC(C)c1ccsc1.Cc1c(C(C)C)cnn1-c1ccccc1.Cc1ccn(-c2ccc(C(C)C)cc2)n1.Cc1nc(-c2ccccc2)oc1C(C)C. The number of nitrogens with zero attached hydrogens (tertiary/aromatic N) is 12. The number of aromatic amines is 2. The van der Waals surface area contributed by atoms with Crippen LogP contribution in [0, 0.1) is 38.5 Å². The second-order valence-corrected chi connectivity index (χ2v) is 40.9. The summed E-state index contributed by atoms with van der Waals surface area (Å²) in [6, 6.07) is 66.1. The van der Waals surface area contributed by atoms with Crippen molar-refractivity contribution < 1.29 is 27.8 Å². The van der Waals surface area contributed by atoms with Gasteiger partial charge in [-0.15, -0.1) is 10.2 Å². The van der Waals surface area contributed by atoms with E-state index in [0.29, 0.717) is 90.3 Å². The standard InChI is InChI=1S/2C13H16N2.C13H15NO.C12H23NO2.C11H12N2S.C11H13N.C10H12O2.C8H11N.C7H11N.C7H10O.C7H10S.C5H9N3/c1-10(2)12-4-6-13(7-5-12)15-9-8-11(3)14-15;1-10(2)13-9-14-15(11(13)3)12-7-5-4-6-8-12;1-9(2)12-10(3)14-13(15-12)11-7-5-4-6-8-11;1-9(2)10-6-7-13(8-10)11(14)15-12(3,4)5;1-8(2)9-3-5-10(6-4-9)11-7-14-13-12-11;1-8(2)10-7-12-11-6-4-3-5-9(10)11;1-7(2)8-3-4-9-10(5-8)12-6-11-9;1-7(2)8-3-5-9-6-4-8;1-6(2)7-3-4-8-5-7;1-6(2)7-4-3-5-8-7;1-6(2)7-3-4-8-5-7;1-4(2)5-3-6-8-7-5/h2*4-10H,1-3H3;4-9H,1-3H3;9-10H,6-8H2,1-5H3;3-8H,1-2H3;3-8,12H,1-2H3;3-5,7H,6H2,1-2H3;3-7H,1-2H3;3-6,8H,1-2H3;2*3-6H,1-2H3;4H,3H2,1-2H3. The van der Waals surface area contributed by atoms with Gasteiger partial charge in [-0.1, -0.05) is 268 Å². The summed E-state index contributed by atoms with van der Waals surface area (Å²) in [6.45, 7) is 66.7. The zero-order chi connectivity index (χ0) is 102. The Balaban J connectivity index is 0.000000208. The molecule has 12 heterocycles. The Morgan fingerprint density at radius 1 is 0.540 bits per heavy atom. The highest BCUT2D eigenvalue weighted by molar-refractivity contribution is 7.08. The van der Waals surface area contributed by atoms with E-state index in [0.717, 1.165) is 93.7 Å². The second kappa shape index (κ2) is 58.5. The molecular weight excluding hydrogens is 1760 g/mol. The van der Waals surface area contributed by atoms with Crippen LogP contribution in [-0.4, -0.2) is 97.8 Å². The maximum atomic E-state index is 11.7. The van der Waals surface area contributed by atoms with Crippen LogP contribution in [0.25, 0.3) is 45.0 Å². The molecule has 9 aromatic heterocycles. The monoisotopic (exact) mass is 1920 g/mol. The number of benzene rings is 6. The summed E-state index contributed by atoms with van der Waals surface area (Å²) in [5, 5.41) is 31.5. The Bertz CT molecular complexity index is 5800. The molecule has 1 amide bonds. The number of amides is 1. The molecule has 1 fully saturated rings. The zero-order valence-corrected chi connectivity index (χ0v) is 90.1. The second-order valence-electron chi connectivity index (χ2n) is 39.5. The van der Waals surface area contributed by atoms with Gasteiger partial charge in [-0.05, 0) is 282 Å². The van der Waals surface area contributed by atoms with Gasteiger partial charge in [0.05, 0.1) is 40.9 Å². The molecule has 0 spiro atoms. The third kappa shape index (κ3) is 39.1. The van der Waals surface area contributed by atoms with Gasteiger partial charge in [0.15, 0.2) is 11.5 Å². The van der Waals surface area contributed by atoms with E-state index < -0.39 is 0 Å². The number of aryl methyl sites for hydroxylation is 2. The molecule has 0 bridgehead atoms. The van der Waals surface area contributed by atoms with E-state index in [4.69, 9.17) is 23.0 Å². The Morgan fingerprint density at radius 2 is 1.14 bits per heavy atom. The quantitative estimate of drug-likeness (QED) is 0.0920. The van der Waals surface area contributed by atoms with Gasteiger partial charge in [0.1, 0.15) is 29.4 Å². The number of hydrogen-bond acceptors (Lipinski definition) is 17. The molecular formula is C117H158N14O6S2. The van der Waals surface area contributed by atoms with Crippen molar-refractivity contribution in [2.75, 3.05) is 26.4 Å². The summed E-state index contributed by atoms with van der Waals surface area (Å²) in [7, 11) is 0. The number of carbonyl (C=O) groups is 1. The van der Waals surface area contributed by atoms with Crippen molar-refractivity contribution in [1.82, 2.24) is 54.0 Å². The lowest BCUT2D eigenvalue weighted by atomic mass is 9.95. The van der Waals surface area contributed by atoms with Gasteiger partial charge >= 0.3 is 6.09 Å². The van der Waals surface area contributed by atoms with Crippen molar-refractivity contribution in [3.63, 3.8) is 0 Å². The summed E-state index contributed by atoms with van der Waals surface area (Å²) in [4.78, 5) is 28.2. The van der Waals surface area contributed by atoms with Gasteiger partial charge in [-0.25, -0.2) is 19.1 Å². The lowest BCUT2D eigenvalue weighted by molar-refractivity contribution is 0.0285. The minimum Gasteiger partial charge on any atom is -0.469 e. The summed E-state index contributed by atoms with van der Waals surface area (Å²) in [6.07, 6.45) is 16.4. The normalized spacial score (nSPS) is 12.7. The van der Waals surface area contributed by atoms with Gasteiger partial charge in [0.25, 0.3) is 0 Å². The number of ether oxygens (including phenoxy) is 3. The highest BCUT2D eigenvalue weighted by Crippen LogP contribution is 2.36. The Morgan fingerprint density at radius 3 is 1.59 bits per heavy atom. The van der Waals surface area contributed by atoms with E-state index >= 15 is 0 Å². The van der Waals surface area contributed by atoms with E-state index in [9.17, 15) is 4.79 Å². The molecule has 2 N–H and O–H groups in total. The first-order valence-corrected chi connectivity index (χ1v) is 51.0. The molecule has 6 aromatic carbocycles. The fourth-order valence-electron chi connectivity index (χ4n) is 14.2. The molecule has 1 unspecified atom stereocenters. The molecule has 744 valence electrons. The number of carbonyl (C=O) groups excluding carboxylic acids is 1. The van der Waals surface area contributed by atoms with Crippen LogP contribution in [0.1, 0.15) is 326 Å². The van der Waals surface area contributed by atoms with Crippen LogP contribution in [0.5, 0.6) is 11.5 Å². The topological polar surface area (TPSA) is 230 Å². The average Bonchev–Trinajstić information content (AvgIpc) is 1.68. The van der Waals surface area contributed by atoms with Crippen molar-refractivity contribution in [3.8, 4) is 45.6 Å². The molecule has 0 aliphatic carbocycles. The van der Waals surface area contributed by atoms with Crippen molar-refractivity contribution in [1.29, 1.82) is 0 Å². The number of rotatable bonds is 16. The van der Waals surface area contributed by atoms with E-state index in [-0.39, 0.29) is 11.7 Å². The van der Waals surface area contributed by atoms with Gasteiger partial charge < -0.3 is 37.9 Å². The molecule has 1 atom stereocenters. The first-order chi connectivity index (χ1) is 66.2. The van der Waals surface area contributed by atoms with Crippen LogP contribution in [0.15, 0.2) is 284 Å². The van der Waals surface area contributed by atoms with Crippen molar-refractivity contribution in [3.05, 3.63) is 333 Å². The number of H-pyrrole nitrogens is 2. The summed E-state index contributed by atoms with van der Waals surface area (Å²) in [5.74, 6) is 12.0. The summed E-state index contributed by atoms with van der Waals surface area (Å²) < 4.78 is 34.4. The molecule has 22 heteroatoms. The number of hydrogen-bond donors (Lipinski definition) is 2. The maximum absolute atomic E-state index is 11.7. The van der Waals surface area contributed by atoms with Gasteiger partial charge in [0.2, 0.25) is 12.7 Å². The van der Waals surface area contributed by atoms with Crippen molar-refractivity contribution in [2.45, 2.75) is 279 Å². The molecule has 0 radical (unpaired) electrons. The maximum Gasteiger partial charge on any atom is 0.410 e. The number of likely N-dealkylation sites (tertiary alicyclic amines) is 1. The molecule has 15 aromatic rings. The lowest BCUT2D eigenvalue weighted by Gasteiger charge is -2.24. The number of pyridine rings is 1. The van der Waals surface area contributed by atoms with Crippen LogP contribution in [0.2, 0.25) is 0 Å². The van der Waals surface area contributed by atoms with Gasteiger partial charge in [0, 0.05) is 95.2 Å². The fraction of sp³-hybridized carbons (Fsp3) is 0.419. The van der Waals surface area contributed by atoms with Crippen LogP contribution in [-0.2, 0) is 4.74 Å². The van der Waals surface area contributed by atoms with Crippen LogP contribution < -0.4 is 9.47 Å². The predicted octanol–water partition coefficient (Wildman–Crippen LogP) is 33.5. The fourth-order valence-corrected chi connectivity index (χ4v) is 15.5. The molecule has 3 aliphatic heterocycles. The smallest absolute Gasteiger partial charge is 0.410 e. The first-order valence-electron chi connectivity index (χ1n) is 49.3. The third-order valence-electron chi connectivity index (χ3n) is 23.1. The number of aromatic nitrogens is 10. The Hall–Kier alpha value is -12.4. The minimum absolute atomic E-state index is 0.161. The molecule has 1 saturated heterocycles. The van der Waals surface area contributed by atoms with Crippen molar-refractivity contribution in [2.24, 2.45) is 33.2 Å². The number of para-hydroxylation sites is 2. The van der Waals surface area contributed by atoms with Gasteiger partial charge in [-0.2, -0.15) is 26.6 Å². The average molecular weight is 1920 g/mol. The van der Waals surface area contributed by atoms with Crippen LogP contribution >= 0.6 is 22.9 Å². The lowest BCUT2D eigenvalue weighted by Crippen LogP contribution is -2.35. The summed E-state index contributed by atoms with van der Waals surface area (Å²) in [5.41, 5.74) is 21.5. The van der Waals surface area contributed by atoms with E-state index in [1.807, 2.05) is 182 Å². The zero-order valence-electron chi connectivity index (χ0n) is 88.5. The molecule has 3 aliphatic rings. The molecule has 139 heavy (non-hydrogen) atoms. The Kier molecular flexibility index (Phi) is 47.8. The first kappa shape index (κ1) is 114. The van der Waals surface area contributed by atoms with Crippen LogP contribution in [0.4, 0.5) is 4.79 Å². The van der Waals surface area contributed by atoms with E-state index in [1.165, 1.54) is 72.6 Å². The number of fused-ring (bicyclic) bond motifs is 2. The predicted molar refractivity (Wildman–Crippen MR) is 581 cm³/mol. The largest absolute Gasteiger partial charge is 0.469 e. The Labute approximate surface area is 839 Å². The number of nitrogens with one attached hydrogen (secondary N) is 2. The van der Waals surface area contributed by atoms with E-state index in [2.05, 4.69) is 348 Å². The molecule has 0 saturated carbocycles. The number of thiophene rings is 1. The van der Waals surface area contributed by atoms with Gasteiger partial charge in [-0.3, -0.25) is 4.98 Å². The molecule has 18 rings (SSSR count). The third-order valence-corrected chi connectivity index (χ3v) is 24.3. The van der Waals surface area contributed by atoms with Crippen molar-refractivity contribution >= 4 is 45.6 Å². The highest BCUT2D eigenvalue weighted by atomic mass is 32.1. The summed E-state index contributed by atoms with van der Waals surface area (Å²) >= 11 is 3.15. The number of furan rings is 1. The number of oxazole rings is 1. The minimum atomic E-state index is -0.382.